The van der Waals surface area contributed by atoms with E-state index in [4.69, 9.17) is 9.47 Å². The summed E-state index contributed by atoms with van der Waals surface area (Å²) in [6.07, 6.45) is 2.41. The Hall–Kier alpha value is -3.26. The first kappa shape index (κ1) is 18.5. The normalized spacial score (nSPS) is 13.3. The standard InChI is InChI=1S/C22H22N2O3/c1-15(2)27-20-9-8-16(13-21(20)26-3)12-18(14-23)22(25)24-11-10-17-6-4-5-7-19(17)24/h4-9,12-13,15H,10-11H2,1-3H3. The Morgan fingerprint density at radius 1 is 1.22 bits per heavy atom. The largest absolute Gasteiger partial charge is 0.493 e. The maximum absolute atomic E-state index is 12.9. The minimum atomic E-state index is -0.288. The number of ether oxygens (including phenoxy) is 2. The Morgan fingerprint density at radius 2 is 2.00 bits per heavy atom. The quantitative estimate of drug-likeness (QED) is 0.596. The minimum Gasteiger partial charge on any atom is -0.493 e. The number of hydrogen-bond donors (Lipinski definition) is 0. The smallest absolute Gasteiger partial charge is 0.268 e. The summed E-state index contributed by atoms with van der Waals surface area (Å²) >= 11 is 0. The Labute approximate surface area is 159 Å². The minimum absolute atomic E-state index is 0.0202. The number of hydrogen-bond acceptors (Lipinski definition) is 4. The Kier molecular flexibility index (Phi) is 5.46. The fourth-order valence-corrected chi connectivity index (χ4v) is 3.13. The third-order valence-electron chi connectivity index (χ3n) is 4.34. The fourth-order valence-electron chi connectivity index (χ4n) is 3.13. The second-order valence-corrected chi connectivity index (χ2v) is 6.58. The van der Waals surface area contributed by atoms with Crippen LogP contribution in [0.15, 0.2) is 48.0 Å². The third-order valence-corrected chi connectivity index (χ3v) is 4.34. The van der Waals surface area contributed by atoms with E-state index in [2.05, 4.69) is 0 Å². The van der Waals surface area contributed by atoms with Gasteiger partial charge in [0.25, 0.3) is 5.91 Å². The number of carbonyl (C=O) groups excluding carboxylic acids is 1. The van der Waals surface area contributed by atoms with E-state index in [1.807, 2.05) is 50.2 Å². The summed E-state index contributed by atoms with van der Waals surface area (Å²) in [7, 11) is 1.56. The topological polar surface area (TPSA) is 62.6 Å². The van der Waals surface area contributed by atoms with Crippen molar-refractivity contribution in [2.45, 2.75) is 26.4 Å². The molecule has 0 fully saturated rings. The van der Waals surface area contributed by atoms with Crippen LogP contribution in [0.3, 0.4) is 0 Å². The van der Waals surface area contributed by atoms with Crippen molar-refractivity contribution in [3.63, 3.8) is 0 Å². The Morgan fingerprint density at radius 3 is 2.70 bits per heavy atom. The van der Waals surface area contributed by atoms with Crippen molar-refractivity contribution in [2.75, 3.05) is 18.6 Å². The van der Waals surface area contributed by atoms with Gasteiger partial charge >= 0.3 is 0 Å². The monoisotopic (exact) mass is 362 g/mol. The molecule has 0 unspecified atom stereocenters. The molecule has 5 nitrogen and oxygen atoms in total. The van der Waals surface area contributed by atoms with E-state index < -0.39 is 0 Å². The highest BCUT2D eigenvalue weighted by Gasteiger charge is 2.26. The second kappa shape index (κ2) is 7.96. The van der Waals surface area contributed by atoms with Crippen LogP contribution in [0.25, 0.3) is 6.08 Å². The molecule has 0 radical (unpaired) electrons. The number of carbonyl (C=O) groups is 1. The molecular weight excluding hydrogens is 340 g/mol. The summed E-state index contributed by atoms with van der Waals surface area (Å²) in [5.41, 5.74) is 2.80. The fraction of sp³-hybridized carbons (Fsp3) is 0.273. The lowest BCUT2D eigenvalue weighted by molar-refractivity contribution is -0.114. The number of fused-ring (bicyclic) bond motifs is 1. The molecule has 1 aliphatic rings. The van der Waals surface area contributed by atoms with E-state index in [1.165, 1.54) is 0 Å². The molecule has 138 valence electrons. The Balaban J connectivity index is 1.89. The zero-order valence-electron chi connectivity index (χ0n) is 15.7. The molecule has 0 aliphatic carbocycles. The van der Waals surface area contributed by atoms with Crippen LogP contribution in [0.1, 0.15) is 25.0 Å². The van der Waals surface area contributed by atoms with Crippen LogP contribution >= 0.6 is 0 Å². The van der Waals surface area contributed by atoms with Gasteiger partial charge in [-0.05, 0) is 55.7 Å². The molecule has 1 heterocycles. The van der Waals surface area contributed by atoms with Gasteiger partial charge in [-0.15, -0.1) is 0 Å². The first-order valence-electron chi connectivity index (χ1n) is 8.89. The van der Waals surface area contributed by atoms with Crippen LogP contribution in [0.4, 0.5) is 5.69 Å². The summed E-state index contributed by atoms with van der Waals surface area (Å²) in [6, 6.07) is 15.2. The lowest BCUT2D eigenvalue weighted by Gasteiger charge is -2.17. The van der Waals surface area contributed by atoms with E-state index in [0.29, 0.717) is 23.6 Å². The summed E-state index contributed by atoms with van der Waals surface area (Å²) in [5, 5.41) is 9.54. The van der Waals surface area contributed by atoms with E-state index in [1.54, 1.807) is 30.2 Å². The maximum atomic E-state index is 12.9. The number of methoxy groups -OCH3 is 1. The molecule has 0 bridgehead atoms. The van der Waals surface area contributed by atoms with Crippen LogP contribution in [-0.2, 0) is 11.2 Å². The second-order valence-electron chi connectivity index (χ2n) is 6.58. The van der Waals surface area contributed by atoms with Crippen molar-refractivity contribution in [3.8, 4) is 17.6 Å². The summed E-state index contributed by atoms with van der Waals surface area (Å²) < 4.78 is 11.1. The van der Waals surface area contributed by atoms with Crippen molar-refractivity contribution in [1.29, 1.82) is 5.26 Å². The molecule has 5 heteroatoms. The molecule has 3 rings (SSSR count). The average Bonchev–Trinajstić information content (AvgIpc) is 3.10. The SMILES string of the molecule is COc1cc(C=C(C#N)C(=O)N2CCc3ccccc32)ccc1OC(C)C. The van der Waals surface area contributed by atoms with Crippen LogP contribution in [0.5, 0.6) is 11.5 Å². The summed E-state index contributed by atoms with van der Waals surface area (Å²) in [5.74, 6) is 0.903. The average molecular weight is 362 g/mol. The van der Waals surface area contributed by atoms with Crippen molar-refractivity contribution < 1.29 is 14.3 Å². The molecule has 2 aromatic carbocycles. The van der Waals surface area contributed by atoms with E-state index in [0.717, 1.165) is 17.7 Å². The van der Waals surface area contributed by atoms with Crippen LogP contribution in [0, 0.1) is 11.3 Å². The molecule has 0 saturated heterocycles. The van der Waals surface area contributed by atoms with Gasteiger partial charge in [-0.1, -0.05) is 24.3 Å². The van der Waals surface area contributed by atoms with Crippen molar-refractivity contribution in [2.24, 2.45) is 0 Å². The molecular formula is C22H22N2O3. The molecule has 0 aromatic heterocycles. The van der Waals surface area contributed by atoms with Gasteiger partial charge in [-0.3, -0.25) is 4.79 Å². The summed E-state index contributed by atoms with van der Waals surface area (Å²) in [4.78, 5) is 14.6. The third kappa shape index (κ3) is 3.95. The van der Waals surface area contributed by atoms with Gasteiger partial charge in [-0.25, -0.2) is 0 Å². The zero-order valence-corrected chi connectivity index (χ0v) is 15.7. The number of nitriles is 1. The van der Waals surface area contributed by atoms with Crippen molar-refractivity contribution >= 4 is 17.7 Å². The van der Waals surface area contributed by atoms with Crippen LogP contribution in [-0.4, -0.2) is 25.7 Å². The van der Waals surface area contributed by atoms with Gasteiger partial charge in [0.05, 0.1) is 13.2 Å². The molecule has 0 atom stereocenters. The van der Waals surface area contributed by atoms with Gasteiger partial charge < -0.3 is 14.4 Å². The van der Waals surface area contributed by atoms with Gasteiger partial charge in [0.2, 0.25) is 0 Å². The highest BCUT2D eigenvalue weighted by molar-refractivity contribution is 6.12. The first-order chi connectivity index (χ1) is 13.0. The highest BCUT2D eigenvalue weighted by atomic mass is 16.5. The first-order valence-corrected chi connectivity index (χ1v) is 8.89. The van der Waals surface area contributed by atoms with Crippen LogP contribution < -0.4 is 14.4 Å². The number of anilines is 1. The lowest BCUT2D eigenvalue weighted by Crippen LogP contribution is -2.29. The predicted molar refractivity (Wildman–Crippen MR) is 105 cm³/mol. The zero-order chi connectivity index (χ0) is 19.4. The number of amides is 1. The van der Waals surface area contributed by atoms with Gasteiger partial charge in [0.1, 0.15) is 11.6 Å². The highest BCUT2D eigenvalue weighted by Crippen LogP contribution is 2.31. The number of para-hydroxylation sites is 1. The molecule has 0 saturated carbocycles. The van der Waals surface area contributed by atoms with Gasteiger partial charge in [0.15, 0.2) is 11.5 Å². The number of nitrogens with zero attached hydrogens (tertiary/aromatic N) is 2. The predicted octanol–water partition coefficient (Wildman–Crippen LogP) is 3.98. The number of benzene rings is 2. The van der Waals surface area contributed by atoms with Crippen molar-refractivity contribution in [1.82, 2.24) is 0 Å². The maximum Gasteiger partial charge on any atom is 0.268 e. The van der Waals surface area contributed by atoms with Crippen LogP contribution in [0.2, 0.25) is 0 Å². The molecule has 1 amide bonds. The lowest BCUT2D eigenvalue weighted by atomic mass is 10.1. The summed E-state index contributed by atoms with van der Waals surface area (Å²) in [6.45, 7) is 4.46. The molecule has 1 aliphatic heterocycles. The molecule has 27 heavy (non-hydrogen) atoms. The molecule has 0 spiro atoms. The van der Waals surface area contributed by atoms with E-state index in [-0.39, 0.29) is 17.6 Å². The Bertz CT molecular complexity index is 925. The van der Waals surface area contributed by atoms with Crippen molar-refractivity contribution in [3.05, 3.63) is 59.2 Å². The molecule has 2 aromatic rings. The van der Waals surface area contributed by atoms with Gasteiger partial charge in [0, 0.05) is 12.2 Å². The number of rotatable bonds is 5. The molecule has 0 N–H and O–H groups in total. The van der Waals surface area contributed by atoms with Gasteiger partial charge in [-0.2, -0.15) is 5.26 Å². The van der Waals surface area contributed by atoms with E-state index in [9.17, 15) is 10.1 Å². The van der Waals surface area contributed by atoms with E-state index >= 15 is 0 Å².